The second-order valence-electron chi connectivity index (χ2n) is 5.41. The molecule has 3 rings (SSSR count). The fourth-order valence-electron chi connectivity index (χ4n) is 2.39. The van der Waals surface area contributed by atoms with Crippen LogP contribution in [0.3, 0.4) is 0 Å². The van der Waals surface area contributed by atoms with Crippen molar-refractivity contribution in [2.24, 2.45) is 0 Å². The molecule has 0 bridgehead atoms. The standard InChI is InChI=1S/C15H19N5/c1-11-8-14(12-4-3-5-12)19-15(18-11)20(2)10-13-9-16-6-7-17-13/h6-9,12H,3-5,10H2,1-2H3. The van der Waals surface area contributed by atoms with Gasteiger partial charge in [-0.1, -0.05) is 6.42 Å². The van der Waals surface area contributed by atoms with Crippen molar-refractivity contribution in [1.82, 2.24) is 19.9 Å². The largest absolute Gasteiger partial charge is 0.338 e. The molecule has 2 heterocycles. The third kappa shape index (κ3) is 2.76. The van der Waals surface area contributed by atoms with Gasteiger partial charge in [-0.15, -0.1) is 0 Å². The summed E-state index contributed by atoms with van der Waals surface area (Å²) in [4.78, 5) is 19.7. The second-order valence-corrected chi connectivity index (χ2v) is 5.41. The van der Waals surface area contributed by atoms with E-state index in [9.17, 15) is 0 Å². The van der Waals surface area contributed by atoms with Gasteiger partial charge in [-0.25, -0.2) is 9.97 Å². The molecule has 1 fully saturated rings. The molecule has 1 aliphatic carbocycles. The Kier molecular flexibility index (Phi) is 3.58. The van der Waals surface area contributed by atoms with E-state index in [0.717, 1.165) is 17.3 Å². The fraction of sp³-hybridized carbons (Fsp3) is 0.467. The van der Waals surface area contributed by atoms with E-state index in [1.165, 1.54) is 25.0 Å². The first-order valence-corrected chi connectivity index (χ1v) is 7.04. The zero-order chi connectivity index (χ0) is 13.9. The highest BCUT2D eigenvalue weighted by Crippen LogP contribution is 2.35. The summed E-state index contributed by atoms with van der Waals surface area (Å²) in [6.07, 6.45) is 8.99. The molecule has 0 saturated heterocycles. The Morgan fingerprint density at radius 3 is 2.75 bits per heavy atom. The van der Waals surface area contributed by atoms with Crippen molar-refractivity contribution in [3.8, 4) is 0 Å². The monoisotopic (exact) mass is 269 g/mol. The van der Waals surface area contributed by atoms with Gasteiger partial charge in [0.2, 0.25) is 5.95 Å². The molecule has 0 radical (unpaired) electrons. The smallest absolute Gasteiger partial charge is 0.225 e. The minimum Gasteiger partial charge on any atom is -0.338 e. The van der Waals surface area contributed by atoms with E-state index in [2.05, 4.69) is 21.0 Å². The molecule has 5 heteroatoms. The van der Waals surface area contributed by atoms with Crippen LogP contribution >= 0.6 is 0 Å². The lowest BCUT2D eigenvalue weighted by Gasteiger charge is -2.26. The SMILES string of the molecule is Cc1cc(C2CCC2)nc(N(C)Cc2cnccn2)n1. The Labute approximate surface area is 119 Å². The highest BCUT2D eigenvalue weighted by atomic mass is 15.2. The summed E-state index contributed by atoms with van der Waals surface area (Å²) in [5.74, 6) is 1.40. The molecule has 5 nitrogen and oxygen atoms in total. The van der Waals surface area contributed by atoms with Gasteiger partial charge in [0.25, 0.3) is 0 Å². The molecule has 20 heavy (non-hydrogen) atoms. The number of hydrogen-bond acceptors (Lipinski definition) is 5. The van der Waals surface area contributed by atoms with Gasteiger partial charge in [0.05, 0.1) is 18.4 Å². The van der Waals surface area contributed by atoms with E-state index in [4.69, 9.17) is 4.98 Å². The highest BCUT2D eigenvalue weighted by Gasteiger charge is 2.22. The first-order valence-electron chi connectivity index (χ1n) is 7.04. The molecule has 0 amide bonds. The molecule has 1 saturated carbocycles. The van der Waals surface area contributed by atoms with Crippen LogP contribution in [-0.4, -0.2) is 27.0 Å². The zero-order valence-corrected chi connectivity index (χ0v) is 12.0. The van der Waals surface area contributed by atoms with Gasteiger partial charge in [-0.2, -0.15) is 0 Å². The lowest BCUT2D eigenvalue weighted by molar-refractivity contribution is 0.410. The summed E-state index contributed by atoms with van der Waals surface area (Å²) in [5.41, 5.74) is 3.14. The molecule has 0 aromatic carbocycles. The van der Waals surface area contributed by atoms with Gasteiger partial charge in [-0.3, -0.25) is 9.97 Å². The third-order valence-electron chi connectivity index (χ3n) is 3.74. The number of nitrogens with zero attached hydrogens (tertiary/aromatic N) is 5. The molecule has 1 aliphatic rings. The van der Waals surface area contributed by atoms with Gasteiger partial charge in [0, 0.05) is 36.7 Å². The number of anilines is 1. The molecule has 2 aromatic heterocycles. The number of rotatable bonds is 4. The van der Waals surface area contributed by atoms with E-state index < -0.39 is 0 Å². The van der Waals surface area contributed by atoms with E-state index in [1.54, 1.807) is 18.6 Å². The van der Waals surface area contributed by atoms with Crippen molar-refractivity contribution < 1.29 is 0 Å². The van der Waals surface area contributed by atoms with Crippen LogP contribution in [0.2, 0.25) is 0 Å². The Balaban J connectivity index is 1.80. The van der Waals surface area contributed by atoms with Crippen molar-refractivity contribution in [2.75, 3.05) is 11.9 Å². The molecule has 0 unspecified atom stereocenters. The van der Waals surface area contributed by atoms with Gasteiger partial charge in [0.1, 0.15) is 0 Å². The summed E-state index contributed by atoms with van der Waals surface area (Å²) >= 11 is 0. The maximum atomic E-state index is 4.72. The van der Waals surface area contributed by atoms with Gasteiger partial charge in [-0.05, 0) is 25.8 Å². The number of aromatic nitrogens is 4. The fourth-order valence-corrected chi connectivity index (χ4v) is 2.39. The van der Waals surface area contributed by atoms with Crippen LogP contribution in [0.5, 0.6) is 0 Å². The quantitative estimate of drug-likeness (QED) is 0.853. The van der Waals surface area contributed by atoms with E-state index in [1.807, 2.05) is 18.9 Å². The summed E-state index contributed by atoms with van der Waals surface area (Å²) in [5, 5.41) is 0. The average Bonchev–Trinajstić information content (AvgIpc) is 2.37. The lowest BCUT2D eigenvalue weighted by atomic mass is 9.83. The Morgan fingerprint density at radius 1 is 1.25 bits per heavy atom. The van der Waals surface area contributed by atoms with Crippen molar-refractivity contribution in [2.45, 2.75) is 38.6 Å². The van der Waals surface area contributed by atoms with Crippen LogP contribution in [-0.2, 0) is 6.54 Å². The van der Waals surface area contributed by atoms with Gasteiger partial charge in [0.15, 0.2) is 0 Å². The number of aryl methyl sites for hydroxylation is 1. The van der Waals surface area contributed by atoms with E-state index >= 15 is 0 Å². The topological polar surface area (TPSA) is 54.8 Å². The van der Waals surface area contributed by atoms with Crippen LogP contribution in [0.4, 0.5) is 5.95 Å². The average molecular weight is 269 g/mol. The Hall–Kier alpha value is -2.04. The van der Waals surface area contributed by atoms with Crippen LogP contribution in [0, 0.1) is 6.92 Å². The van der Waals surface area contributed by atoms with Crippen LogP contribution in [0.1, 0.15) is 42.3 Å². The van der Waals surface area contributed by atoms with E-state index in [0.29, 0.717) is 12.5 Å². The normalized spacial score (nSPS) is 14.9. The second kappa shape index (κ2) is 5.53. The van der Waals surface area contributed by atoms with E-state index in [-0.39, 0.29) is 0 Å². The Bertz CT molecular complexity index is 580. The lowest BCUT2D eigenvalue weighted by Crippen LogP contribution is -2.22. The molecule has 104 valence electrons. The van der Waals surface area contributed by atoms with Crippen LogP contribution in [0.15, 0.2) is 24.7 Å². The first kappa shape index (κ1) is 13.0. The van der Waals surface area contributed by atoms with Crippen molar-refractivity contribution in [3.05, 3.63) is 41.7 Å². The van der Waals surface area contributed by atoms with Crippen molar-refractivity contribution in [1.29, 1.82) is 0 Å². The maximum Gasteiger partial charge on any atom is 0.225 e. The predicted octanol–water partition coefficient (Wildman–Crippen LogP) is 2.48. The predicted molar refractivity (Wildman–Crippen MR) is 77.5 cm³/mol. The molecule has 0 spiro atoms. The van der Waals surface area contributed by atoms with Crippen molar-refractivity contribution in [3.63, 3.8) is 0 Å². The molecule has 0 atom stereocenters. The number of hydrogen-bond donors (Lipinski definition) is 0. The molecule has 2 aromatic rings. The highest BCUT2D eigenvalue weighted by molar-refractivity contribution is 5.33. The summed E-state index contributed by atoms with van der Waals surface area (Å²) in [6.45, 7) is 2.70. The minimum atomic E-state index is 0.625. The minimum absolute atomic E-state index is 0.625. The van der Waals surface area contributed by atoms with Crippen LogP contribution < -0.4 is 4.90 Å². The molecule has 0 aliphatic heterocycles. The molecular weight excluding hydrogens is 250 g/mol. The van der Waals surface area contributed by atoms with Gasteiger partial charge >= 0.3 is 0 Å². The summed E-state index contributed by atoms with van der Waals surface area (Å²) in [6, 6.07) is 2.11. The first-order chi connectivity index (χ1) is 9.72. The zero-order valence-electron chi connectivity index (χ0n) is 12.0. The maximum absolute atomic E-state index is 4.72. The third-order valence-corrected chi connectivity index (χ3v) is 3.74. The Morgan fingerprint density at radius 2 is 2.10 bits per heavy atom. The van der Waals surface area contributed by atoms with Gasteiger partial charge < -0.3 is 4.90 Å². The summed E-state index contributed by atoms with van der Waals surface area (Å²) in [7, 11) is 1.99. The molecule has 0 N–H and O–H groups in total. The molecular formula is C15H19N5. The van der Waals surface area contributed by atoms with Crippen molar-refractivity contribution >= 4 is 5.95 Å². The van der Waals surface area contributed by atoms with Crippen LogP contribution in [0.25, 0.3) is 0 Å². The summed E-state index contributed by atoms with van der Waals surface area (Å²) < 4.78 is 0.